The van der Waals surface area contributed by atoms with Crippen LogP contribution in [0.2, 0.25) is 0 Å². The number of hydrogen-bond donors (Lipinski definition) is 2. The van der Waals surface area contributed by atoms with Gasteiger partial charge in [0.2, 0.25) is 5.91 Å². The number of fused-ring (bicyclic) bond motifs is 3. The van der Waals surface area contributed by atoms with Gasteiger partial charge in [-0.3, -0.25) is 9.63 Å². The Kier molecular flexibility index (Phi) is 4.35. The largest absolute Gasteiger partial charge is 0.445 e. The maximum atomic E-state index is 12.4. The minimum Gasteiger partial charge on any atom is -0.445 e. The molecule has 4 rings (SSSR count). The van der Waals surface area contributed by atoms with Crippen LogP contribution in [0.1, 0.15) is 18.9 Å². The molecule has 3 aliphatic rings. The highest BCUT2D eigenvalue weighted by molar-refractivity contribution is 5.81. The highest BCUT2D eigenvalue weighted by Gasteiger charge is 2.52. The van der Waals surface area contributed by atoms with Gasteiger partial charge in [0.1, 0.15) is 6.61 Å². The fourth-order valence-electron chi connectivity index (χ4n) is 4.25. The van der Waals surface area contributed by atoms with Crippen molar-refractivity contribution in [1.82, 2.24) is 15.7 Å². The van der Waals surface area contributed by atoms with Crippen molar-refractivity contribution in [2.45, 2.75) is 32.2 Å². The van der Waals surface area contributed by atoms with Gasteiger partial charge in [-0.1, -0.05) is 30.3 Å². The lowest BCUT2D eigenvalue weighted by Gasteiger charge is -2.45. The molecular formula is C18H23N3O4. The first kappa shape index (κ1) is 16.4. The molecule has 5 atom stereocenters. The molecule has 7 nitrogen and oxygen atoms in total. The second-order valence-electron chi connectivity index (χ2n) is 7.08. The Balaban J connectivity index is 1.38. The maximum Gasteiger partial charge on any atom is 0.410 e. The lowest BCUT2D eigenvalue weighted by atomic mass is 9.71. The van der Waals surface area contributed by atoms with E-state index >= 15 is 0 Å². The zero-order chi connectivity index (χ0) is 17.4. The van der Waals surface area contributed by atoms with Crippen molar-refractivity contribution < 1.29 is 19.2 Å². The Labute approximate surface area is 146 Å². The summed E-state index contributed by atoms with van der Waals surface area (Å²) < 4.78 is 5.41. The zero-order valence-electron chi connectivity index (χ0n) is 14.2. The Morgan fingerprint density at radius 1 is 1.36 bits per heavy atom. The molecule has 25 heavy (non-hydrogen) atoms. The number of nitrogens with one attached hydrogen (secondary N) is 2. The lowest BCUT2D eigenvalue weighted by molar-refractivity contribution is -0.143. The van der Waals surface area contributed by atoms with E-state index < -0.39 is 0 Å². The fraction of sp³-hybridized carbons (Fsp3) is 0.556. The molecule has 0 spiro atoms. The van der Waals surface area contributed by atoms with Gasteiger partial charge in [0.05, 0.1) is 5.92 Å². The summed E-state index contributed by atoms with van der Waals surface area (Å²) in [4.78, 5) is 31.9. The Morgan fingerprint density at radius 3 is 2.96 bits per heavy atom. The fourth-order valence-corrected chi connectivity index (χ4v) is 4.25. The summed E-state index contributed by atoms with van der Waals surface area (Å²) in [6.45, 7) is 3.33. The van der Waals surface area contributed by atoms with Crippen LogP contribution in [0.5, 0.6) is 0 Å². The number of carbonyl (C=O) groups is 2. The van der Waals surface area contributed by atoms with Crippen molar-refractivity contribution >= 4 is 12.0 Å². The second-order valence-corrected chi connectivity index (χ2v) is 7.08. The van der Waals surface area contributed by atoms with Crippen LogP contribution in [0.3, 0.4) is 0 Å². The lowest BCUT2D eigenvalue weighted by Crippen LogP contribution is -2.60. The molecule has 2 N–H and O–H groups in total. The van der Waals surface area contributed by atoms with E-state index in [1.54, 1.807) is 4.90 Å². The van der Waals surface area contributed by atoms with Gasteiger partial charge in [-0.25, -0.2) is 4.79 Å². The van der Waals surface area contributed by atoms with Crippen LogP contribution < -0.4 is 10.8 Å². The molecule has 3 saturated heterocycles. The van der Waals surface area contributed by atoms with E-state index in [0.29, 0.717) is 13.1 Å². The summed E-state index contributed by atoms with van der Waals surface area (Å²) >= 11 is 0. The van der Waals surface area contributed by atoms with Gasteiger partial charge < -0.3 is 15.0 Å². The van der Waals surface area contributed by atoms with Gasteiger partial charge in [0.25, 0.3) is 0 Å². The number of rotatable bonds is 2. The van der Waals surface area contributed by atoms with E-state index in [1.165, 1.54) is 0 Å². The summed E-state index contributed by atoms with van der Waals surface area (Å²) in [5.41, 5.74) is 3.92. The molecule has 0 bridgehead atoms. The van der Waals surface area contributed by atoms with Crippen molar-refractivity contribution in [2.75, 3.05) is 13.1 Å². The summed E-state index contributed by atoms with van der Waals surface area (Å²) in [5.74, 6) is 0.222. The number of likely N-dealkylation sites (tertiary alicyclic amines) is 1. The topological polar surface area (TPSA) is 79.9 Å². The number of piperidine rings is 2. The SMILES string of the molecule is CC1NOC2NC(=O)C3CN(C(=O)OCc4ccccc4)CCC3C12. The first-order chi connectivity index (χ1) is 12.1. The van der Waals surface area contributed by atoms with E-state index in [0.717, 1.165) is 12.0 Å². The van der Waals surface area contributed by atoms with Crippen molar-refractivity contribution in [3.05, 3.63) is 35.9 Å². The second kappa shape index (κ2) is 6.65. The Bertz CT molecular complexity index is 653. The molecule has 3 heterocycles. The van der Waals surface area contributed by atoms with Gasteiger partial charge in [0.15, 0.2) is 6.23 Å². The van der Waals surface area contributed by atoms with Crippen LogP contribution in [0.25, 0.3) is 0 Å². The van der Waals surface area contributed by atoms with Crippen LogP contribution in [-0.2, 0) is 21.0 Å². The normalized spacial score (nSPS) is 34.0. The molecule has 134 valence electrons. The summed E-state index contributed by atoms with van der Waals surface area (Å²) in [6, 6.07) is 9.78. The molecule has 1 aromatic rings. The van der Waals surface area contributed by atoms with Crippen molar-refractivity contribution in [2.24, 2.45) is 17.8 Å². The molecule has 0 radical (unpaired) electrons. The molecule has 0 aromatic heterocycles. The molecule has 3 fully saturated rings. The standard InChI is InChI=1S/C18H23N3O4/c1-11-15-13-7-8-21(9-14(13)16(22)19-17(15)25-20-11)18(23)24-10-12-5-3-2-4-6-12/h2-6,11,13-15,17,20H,7-10H2,1H3,(H,19,22). The van der Waals surface area contributed by atoms with E-state index in [-0.39, 0.29) is 48.6 Å². The number of hydroxylamine groups is 1. The molecule has 5 unspecified atom stereocenters. The number of ether oxygens (including phenoxy) is 1. The summed E-state index contributed by atoms with van der Waals surface area (Å²) in [7, 11) is 0. The summed E-state index contributed by atoms with van der Waals surface area (Å²) in [5, 5.41) is 2.92. The third-order valence-corrected chi connectivity index (χ3v) is 5.55. The number of hydrogen-bond acceptors (Lipinski definition) is 5. The average molecular weight is 345 g/mol. The first-order valence-corrected chi connectivity index (χ1v) is 8.80. The predicted octanol–water partition coefficient (Wildman–Crippen LogP) is 1.26. The number of amides is 2. The molecular weight excluding hydrogens is 322 g/mol. The minimum absolute atomic E-state index is 0.0392. The Hall–Kier alpha value is -2.12. The number of nitrogens with zero attached hydrogens (tertiary/aromatic N) is 1. The maximum absolute atomic E-state index is 12.4. The van der Waals surface area contributed by atoms with Crippen LogP contribution in [0.4, 0.5) is 4.79 Å². The number of carbonyl (C=O) groups excluding carboxylic acids is 2. The van der Waals surface area contributed by atoms with Crippen molar-refractivity contribution in [3.8, 4) is 0 Å². The average Bonchev–Trinajstić information content (AvgIpc) is 3.01. The van der Waals surface area contributed by atoms with Gasteiger partial charge in [-0.15, -0.1) is 0 Å². The highest BCUT2D eigenvalue weighted by atomic mass is 16.7. The minimum atomic E-state index is -0.355. The third kappa shape index (κ3) is 3.09. The summed E-state index contributed by atoms with van der Waals surface area (Å²) in [6.07, 6.45) is 0.168. The van der Waals surface area contributed by atoms with Crippen LogP contribution in [-0.4, -0.2) is 42.3 Å². The molecule has 7 heteroatoms. The Morgan fingerprint density at radius 2 is 2.16 bits per heavy atom. The molecule has 1 aromatic carbocycles. The van der Waals surface area contributed by atoms with Crippen LogP contribution in [0.15, 0.2) is 30.3 Å². The number of benzene rings is 1. The molecule has 0 saturated carbocycles. The van der Waals surface area contributed by atoms with Gasteiger partial charge in [0, 0.05) is 25.0 Å². The zero-order valence-corrected chi connectivity index (χ0v) is 14.2. The van der Waals surface area contributed by atoms with Gasteiger partial charge in [-0.2, -0.15) is 5.48 Å². The molecule has 2 amide bonds. The van der Waals surface area contributed by atoms with E-state index in [9.17, 15) is 9.59 Å². The van der Waals surface area contributed by atoms with Crippen molar-refractivity contribution in [1.29, 1.82) is 0 Å². The van der Waals surface area contributed by atoms with Gasteiger partial charge >= 0.3 is 6.09 Å². The first-order valence-electron chi connectivity index (χ1n) is 8.80. The van der Waals surface area contributed by atoms with Crippen LogP contribution in [0, 0.1) is 17.8 Å². The van der Waals surface area contributed by atoms with Crippen LogP contribution >= 0.6 is 0 Å². The third-order valence-electron chi connectivity index (χ3n) is 5.55. The smallest absolute Gasteiger partial charge is 0.410 e. The predicted molar refractivity (Wildman–Crippen MR) is 88.9 cm³/mol. The van der Waals surface area contributed by atoms with Crippen molar-refractivity contribution in [3.63, 3.8) is 0 Å². The highest BCUT2D eigenvalue weighted by Crippen LogP contribution is 2.40. The molecule has 3 aliphatic heterocycles. The van der Waals surface area contributed by atoms with E-state index in [1.807, 2.05) is 30.3 Å². The van der Waals surface area contributed by atoms with E-state index in [4.69, 9.17) is 9.57 Å². The monoisotopic (exact) mass is 345 g/mol. The molecule has 0 aliphatic carbocycles. The quantitative estimate of drug-likeness (QED) is 0.843. The van der Waals surface area contributed by atoms with E-state index in [2.05, 4.69) is 17.7 Å². The van der Waals surface area contributed by atoms with Gasteiger partial charge in [-0.05, 0) is 24.8 Å².